The Labute approximate surface area is 114 Å². The van der Waals surface area contributed by atoms with Crippen molar-refractivity contribution >= 4 is 21.8 Å². The van der Waals surface area contributed by atoms with Crippen LogP contribution in [0.15, 0.2) is 22.7 Å². The second-order valence-corrected chi connectivity index (χ2v) is 5.59. The highest BCUT2D eigenvalue weighted by molar-refractivity contribution is 9.10. The summed E-state index contributed by atoms with van der Waals surface area (Å²) in [5.41, 5.74) is 6.53. The van der Waals surface area contributed by atoms with Crippen LogP contribution in [-0.4, -0.2) is 11.9 Å². The van der Waals surface area contributed by atoms with E-state index >= 15 is 0 Å². The number of benzene rings is 1. The van der Waals surface area contributed by atoms with Crippen LogP contribution in [0.3, 0.4) is 0 Å². The Hall–Kier alpha value is -0.940. The summed E-state index contributed by atoms with van der Waals surface area (Å²) in [5, 5.41) is 2.83. The average molecular weight is 315 g/mol. The van der Waals surface area contributed by atoms with E-state index in [1.165, 1.54) is 6.07 Å². The van der Waals surface area contributed by atoms with Gasteiger partial charge in [0.25, 0.3) is 0 Å². The van der Waals surface area contributed by atoms with Crippen LogP contribution < -0.4 is 11.1 Å². The Balaban J connectivity index is 1.87. The Morgan fingerprint density at radius 2 is 2.28 bits per heavy atom. The number of hydrogen-bond donors (Lipinski definition) is 2. The van der Waals surface area contributed by atoms with E-state index in [1.807, 2.05) is 0 Å². The standard InChI is InChI=1S/C13H16BrFN2O/c14-11-4-1-8(5-12(11)15)7-17-13(18)9-2-3-10(16)6-9/h1,4-5,9-10H,2-3,6-7,16H2,(H,17,18). The van der Waals surface area contributed by atoms with E-state index in [0.29, 0.717) is 11.0 Å². The number of amides is 1. The fourth-order valence-electron chi connectivity index (χ4n) is 2.24. The van der Waals surface area contributed by atoms with Crippen LogP contribution in [0.4, 0.5) is 4.39 Å². The molecule has 18 heavy (non-hydrogen) atoms. The molecule has 0 aliphatic heterocycles. The molecule has 1 amide bonds. The molecule has 1 saturated carbocycles. The van der Waals surface area contributed by atoms with Crippen molar-refractivity contribution in [1.82, 2.24) is 5.32 Å². The van der Waals surface area contributed by atoms with Crippen LogP contribution in [0.5, 0.6) is 0 Å². The van der Waals surface area contributed by atoms with E-state index in [-0.39, 0.29) is 23.7 Å². The van der Waals surface area contributed by atoms with Gasteiger partial charge in [-0.2, -0.15) is 0 Å². The maximum absolute atomic E-state index is 13.3. The van der Waals surface area contributed by atoms with Crippen molar-refractivity contribution in [2.24, 2.45) is 11.7 Å². The molecule has 3 N–H and O–H groups in total. The van der Waals surface area contributed by atoms with Crippen LogP contribution in [-0.2, 0) is 11.3 Å². The smallest absolute Gasteiger partial charge is 0.223 e. The van der Waals surface area contributed by atoms with Crippen LogP contribution in [0, 0.1) is 11.7 Å². The summed E-state index contributed by atoms with van der Waals surface area (Å²) in [6.07, 6.45) is 2.51. The van der Waals surface area contributed by atoms with E-state index in [2.05, 4.69) is 21.2 Å². The van der Waals surface area contributed by atoms with Crippen molar-refractivity contribution in [2.75, 3.05) is 0 Å². The molecule has 0 radical (unpaired) electrons. The maximum Gasteiger partial charge on any atom is 0.223 e. The van der Waals surface area contributed by atoms with E-state index in [4.69, 9.17) is 5.73 Å². The molecule has 1 aliphatic rings. The molecule has 3 nitrogen and oxygen atoms in total. The van der Waals surface area contributed by atoms with E-state index in [1.54, 1.807) is 12.1 Å². The summed E-state index contributed by atoms with van der Waals surface area (Å²) in [4.78, 5) is 11.8. The Morgan fingerprint density at radius 1 is 1.50 bits per heavy atom. The highest BCUT2D eigenvalue weighted by Crippen LogP contribution is 2.24. The predicted octanol–water partition coefficient (Wildman–Crippen LogP) is 2.33. The molecular weight excluding hydrogens is 299 g/mol. The lowest BCUT2D eigenvalue weighted by atomic mass is 10.1. The first-order valence-electron chi connectivity index (χ1n) is 6.03. The van der Waals surface area contributed by atoms with Crippen LogP contribution >= 0.6 is 15.9 Å². The minimum atomic E-state index is -0.315. The van der Waals surface area contributed by atoms with E-state index < -0.39 is 0 Å². The lowest BCUT2D eigenvalue weighted by molar-refractivity contribution is -0.125. The molecule has 0 aromatic heterocycles. The zero-order valence-electron chi connectivity index (χ0n) is 9.96. The predicted molar refractivity (Wildman–Crippen MR) is 71.3 cm³/mol. The molecule has 1 aromatic rings. The molecule has 0 heterocycles. The number of hydrogen-bond acceptors (Lipinski definition) is 2. The number of rotatable bonds is 3. The second-order valence-electron chi connectivity index (χ2n) is 4.74. The molecule has 98 valence electrons. The number of carbonyl (C=O) groups is 1. The van der Waals surface area contributed by atoms with Crippen molar-refractivity contribution < 1.29 is 9.18 Å². The molecule has 2 atom stereocenters. The molecule has 1 fully saturated rings. The van der Waals surface area contributed by atoms with Gasteiger partial charge in [0.2, 0.25) is 5.91 Å². The Kier molecular flexibility index (Phi) is 4.35. The normalized spacial score (nSPS) is 23.1. The number of carbonyl (C=O) groups excluding carboxylic acids is 1. The summed E-state index contributed by atoms with van der Waals surface area (Å²) < 4.78 is 13.7. The van der Waals surface area contributed by atoms with Crippen LogP contribution in [0.2, 0.25) is 0 Å². The van der Waals surface area contributed by atoms with Crippen LogP contribution in [0.1, 0.15) is 24.8 Å². The van der Waals surface area contributed by atoms with E-state index in [9.17, 15) is 9.18 Å². The first kappa shape index (κ1) is 13.5. The van der Waals surface area contributed by atoms with Gasteiger partial charge < -0.3 is 11.1 Å². The third kappa shape index (κ3) is 3.29. The fourth-order valence-corrected chi connectivity index (χ4v) is 2.48. The molecule has 2 rings (SSSR count). The van der Waals surface area contributed by atoms with Gasteiger partial charge in [-0.25, -0.2) is 4.39 Å². The second kappa shape index (κ2) is 5.80. The van der Waals surface area contributed by atoms with Gasteiger partial charge in [-0.05, 0) is 52.9 Å². The molecule has 0 bridgehead atoms. The quantitative estimate of drug-likeness (QED) is 0.899. The Morgan fingerprint density at radius 3 is 2.89 bits per heavy atom. The van der Waals surface area contributed by atoms with Gasteiger partial charge in [0.15, 0.2) is 0 Å². The summed E-state index contributed by atoms with van der Waals surface area (Å²) in [6.45, 7) is 0.356. The number of halogens is 2. The molecular formula is C13H16BrFN2O. The highest BCUT2D eigenvalue weighted by Gasteiger charge is 2.27. The molecule has 1 aliphatic carbocycles. The molecule has 1 aromatic carbocycles. The lowest BCUT2D eigenvalue weighted by Gasteiger charge is -2.11. The van der Waals surface area contributed by atoms with Gasteiger partial charge >= 0.3 is 0 Å². The van der Waals surface area contributed by atoms with Gasteiger partial charge in [-0.15, -0.1) is 0 Å². The number of nitrogens with two attached hydrogens (primary N) is 1. The average Bonchev–Trinajstić information content (AvgIpc) is 2.77. The van der Waals surface area contributed by atoms with Crippen molar-refractivity contribution in [3.05, 3.63) is 34.1 Å². The number of nitrogens with one attached hydrogen (secondary N) is 1. The third-order valence-electron chi connectivity index (χ3n) is 3.29. The van der Waals surface area contributed by atoms with Crippen molar-refractivity contribution in [3.63, 3.8) is 0 Å². The molecule has 0 spiro atoms. The summed E-state index contributed by atoms with van der Waals surface area (Å²) in [6, 6.07) is 4.99. The SMILES string of the molecule is NC1CCC(C(=O)NCc2ccc(Br)c(F)c2)C1. The zero-order valence-corrected chi connectivity index (χ0v) is 11.5. The summed E-state index contributed by atoms with van der Waals surface area (Å²) in [7, 11) is 0. The summed E-state index contributed by atoms with van der Waals surface area (Å²) >= 11 is 3.09. The molecule has 5 heteroatoms. The minimum absolute atomic E-state index is 0.0142. The maximum atomic E-state index is 13.3. The van der Waals surface area contributed by atoms with E-state index in [0.717, 1.165) is 24.8 Å². The summed E-state index contributed by atoms with van der Waals surface area (Å²) in [5.74, 6) is -0.281. The first-order valence-corrected chi connectivity index (χ1v) is 6.83. The Bertz CT molecular complexity index is 453. The minimum Gasteiger partial charge on any atom is -0.352 e. The topological polar surface area (TPSA) is 55.1 Å². The third-order valence-corrected chi connectivity index (χ3v) is 3.94. The largest absolute Gasteiger partial charge is 0.352 e. The van der Waals surface area contributed by atoms with Gasteiger partial charge in [-0.1, -0.05) is 6.07 Å². The van der Waals surface area contributed by atoms with Crippen molar-refractivity contribution in [3.8, 4) is 0 Å². The van der Waals surface area contributed by atoms with Crippen molar-refractivity contribution in [1.29, 1.82) is 0 Å². The van der Waals surface area contributed by atoms with Gasteiger partial charge in [0.1, 0.15) is 5.82 Å². The first-order chi connectivity index (χ1) is 8.56. The monoisotopic (exact) mass is 314 g/mol. The zero-order chi connectivity index (χ0) is 13.1. The van der Waals surface area contributed by atoms with Gasteiger partial charge in [0, 0.05) is 18.5 Å². The fraction of sp³-hybridized carbons (Fsp3) is 0.462. The highest BCUT2D eigenvalue weighted by atomic mass is 79.9. The van der Waals surface area contributed by atoms with Crippen molar-refractivity contribution in [2.45, 2.75) is 31.8 Å². The molecule has 2 unspecified atom stereocenters. The molecule has 0 saturated heterocycles. The van der Waals surface area contributed by atoms with Crippen LogP contribution in [0.25, 0.3) is 0 Å². The van der Waals surface area contributed by atoms with Gasteiger partial charge in [0.05, 0.1) is 4.47 Å². The lowest BCUT2D eigenvalue weighted by Crippen LogP contribution is -2.30. The van der Waals surface area contributed by atoms with Gasteiger partial charge in [-0.3, -0.25) is 4.79 Å².